The summed E-state index contributed by atoms with van der Waals surface area (Å²) in [4.78, 5) is 25.3. The lowest BCUT2D eigenvalue weighted by atomic mass is 10.2. The van der Waals surface area contributed by atoms with Crippen molar-refractivity contribution in [3.05, 3.63) is 76.5 Å². The molecular formula is C24H25NO6S. The van der Waals surface area contributed by atoms with E-state index in [1.807, 2.05) is 54.8 Å². The standard InChI is InChI=1S/C24H25NO6S/c1-2-28-22-15-18(24(27)31-17-23(26)25-16-20-9-6-14-32-20)10-11-21(22)30-13-12-29-19-7-4-3-5-8-19/h3-11,14-15H,2,12-13,16-17H2,1H3,(H,25,26). The van der Waals surface area contributed by atoms with Gasteiger partial charge in [0.05, 0.1) is 18.7 Å². The summed E-state index contributed by atoms with van der Waals surface area (Å²) in [5.41, 5.74) is 0.271. The van der Waals surface area contributed by atoms with Gasteiger partial charge >= 0.3 is 5.97 Å². The van der Waals surface area contributed by atoms with Gasteiger partial charge in [-0.15, -0.1) is 11.3 Å². The molecule has 2 aromatic carbocycles. The molecular weight excluding hydrogens is 430 g/mol. The molecule has 0 fully saturated rings. The lowest BCUT2D eigenvalue weighted by Crippen LogP contribution is -2.28. The third-order valence-corrected chi connectivity index (χ3v) is 5.08. The molecule has 0 aliphatic heterocycles. The Labute approximate surface area is 190 Å². The van der Waals surface area contributed by atoms with E-state index in [1.165, 1.54) is 0 Å². The fourth-order valence-electron chi connectivity index (χ4n) is 2.71. The molecule has 0 aliphatic rings. The monoisotopic (exact) mass is 455 g/mol. The number of para-hydroxylation sites is 1. The molecule has 0 saturated heterocycles. The topological polar surface area (TPSA) is 83.1 Å². The van der Waals surface area contributed by atoms with Gasteiger partial charge < -0.3 is 24.3 Å². The number of esters is 1. The van der Waals surface area contributed by atoms with Crippen LogP contribution in [0.2, 0.25) is 0 Å². The van der Waals surface area contributed by atoms with E-state index in [-0.39, 0.29) is 18.1 Å². The Morgan fingerprint density at radius 1 is 0.906 bits per heavy atom. The second-order valence-electron chi connectivity index (χ2n) is 6.54. The Hall–Kier alpha value is -3.52. The van der Waals surface area contributed by atoms with E-state index in [0.717, 1.165) is 10.6 Å². The molecule has 3 rings (SSSR count). The largest absolute Gasteiger partial charge is 0.490 e. The summed E-state index contributed by atoms with van der Waals surface area (Å²) in [5, 5.41) is 4.64. The molecule has 0 bridgehead atoms. The van der Waals surface area contributed by atoms with Crippen LogP contribution in [-0.2, 0) is 16.1 Å². The molecule has 168 valence electrons. The highest BCUT2D eigenvalue weighted by atomic mass is 32.1. The van der Waals surface area contributed by atoms with Crippen molar-refractivity contribution < 1.29 is 28.5 Å². The highest BCUT2D eigenvalue weighted by Crippen LogP contribution is 2.29. The van der Waals surface area contributed by atoms with Gasteiger partial charge in [0.2, 0.25) is 0 Å². The van der Waals surface area contributed by atoms with Crippen LogP contribution in [0.1, 0.15) is 22.2 Å². The van der Waals surface area contributed by atoms with Crippen molar-refractivity contribution in [3.8, 4) is 17.2 Å². The van der Waals surface area contributed by atoms with E-state index >= 15 is 0 Å². The summed E-state index contributed by atoms with van der Waals surface area (Å²) in [5.74, 6) is 0.697. The average molecular weight is 456 g/mol. The quantitative estimate of drug-likeness (QED) is 0.327. The summed E-state index contributed by atoms with van der Waals surface area (Å²) in [6.45, 7) is 2.96. The molecule has 1 N–H and O–H groups in total. The minimum absolute atomic E-state index is 0.271. The molecule has 3 aromatic rings. The predicted molar refractivity (Wildman–Crippen MR) is 121 cm³/mol. The Morgan fingerprint density at radius 3 is 2.47 bits per heavy atom. The van der Waals surface area contributed by atoms with Crippen LogP contribution in [-0.4, -0.2) is 38.3 Å². The predicted octanol–water partition coefficient (Wildman–Crippen LogP) is 4.08. The molecule has 0 saturated carbocycles. The van der Waals surface area contributed by atoms with Gasteiger partial charge in [-0.1, -0.05) is 24.3 Å². The van der Waals surface area contributed by atoms with E-state index in [4.69, 9.17) is 18.9 Å². The van der Waals surface area contributed by atoms with Crippen molar-refractivity contribution in [1.29, 1.82) is 0 Å². The minimum atomic E-state index is -0.615. The van der Waals surface area contributed by atoms with Crippen molar-refractivity contribution >= 4 is 23.2 Å². The number of rotatable bonds is 12. The average Bonchev–Trinajstić information content (AvgIpc) is 3.34. The van der Waals surface area contributed by atoms with E-state index in [2.05, 4.69) is 5.32 Å². The van der Waals surface area contributed by atoms with Crippen molar-refractivity contribution in [3.63, 3.8) is 0 Å². The normalized spacial score (nSPS) is 10.3. The van der Waals surface area contributed by atoms with Crippen molar-refractivity contribution in [2.75, 3.05) is 26.4 Å². The first kappa shape index (κ1) is 23.1. The van der Waals surface area contributed by atoms with Crippen LogP contribution in [0.3, 0.4) is 0 Å². The third kappa shape index (κ3) is 7.31. The second kappa shape index (κ2) is 12.4. The van der Waals surface area contributed by atoms with Crippen LogP contribution in [0, 0.1) is 0 Å². The van der Waals surface area contributed by atoms with Crippen molar-refractivity contribution in [2.45, 2.75) is 13.5 Å². The Morgan fingerprint density at radius 2 is 1.72 bits per heavy atom. The fraction of sp³-hybridized carbons (Fsp3) is 0.250. The number of benzene rings is 2. The summed E-state index contributed by atoms with van der Waals surface area (Å²) in [6, 6.07) is 18.0. The molecule has 1 amide bonds. The van der Waals surface area contributed by atoms with Gasteiger partial charge in [-0.05, 0) is 48.7 Å². The maximum Gasteiger partial charge on any atom is 0.338 e. The highest BCUT2D eigenvalue weighted by molar-refractivity contribution is 7.09. The van der Waals surface area contributed by atoms with E-state index in [1.54, 1.807) is 29.5 Å². The summed E-state index contributed by atoms with van der Waals surface area (Å²) >= 11 is 1.54. The SMILES string of the molecule is CCOc1cc(C(=O)OCC(=O)NCc2cccs2)ccc1OCCOc1ccccc1. The number of ether oxygens (including phenoxy) is 4. The zero-order valence-corrected chi connectivity index (χ0v) is 18.6. The Kier molecular flexibility index (Phi) is 8.94. The van der Waals surface area contributed by atoms with Crippen molar-refractivity contribution in [2.24, 2.45) is 0 Å². The van der Waals surface area contributed by atoms with Gasteiger partial charge in [-0.25, -0.2) is 4.79 Å². The molecule has 8 heteroatoms. The van der Waals surface area contributed by atoms with Crippen LogP contribution < -0.4 is 19.5 Å². The number of thiophene rings is 1. The maximum atomic E-state index is 12.4. The molecule has 0 atom stereocenters. The first-order chi connectivity index (χ1) is 15.7. The molecule has 32 heavy (non-hydrogen) atoms. The lowest BCUT2D eigenvalue weighted by Gasteiger charge is -2.14. The van der Waals surface area contributed by atoms with Crippen LogP contribution >= 0.6 is 11.3 Å². The molecule has 0 spiro atoms. The molecule has 0 unspecified atom stereocenters. The molecule has 1 heterocycles. The van der Waals surface area contributed by atoms with Gasteiger partial charge in [0.15, 0.2) is 18.1 Å². The molecule has 0 aliphatic carbocycles. The summed E-state index contributed by atoms with van der Waals surface area (Å²) < 4.78 is 22.1. The van der Waals surface area contributed by atoms with Gasteiger partial charge in [-0.2, -0.15) is 0 Å². The van der Waals surface area contributed by atoms with Crippen molar-refractivity contribution in [1.82, 2.24) is 5.32 Å². The first-order valence-electron chi connectivity index (χ1n) is 10.2. The molecule has 7 nitrogen and oxygen atoms in total. The number of nitrogens with one attached hydrogen (secondary N) is 1. The first-order valence-corrected chi connectivity index (χ1v) is 11.1. The van der Waals surface area contributed by atoms with Crippen LogP contribution in [0.25, 0.3) is 0 Å². The van der Waals surface area contributed by atoms with Crippen LogP contribution in [0.4, 0.5) is 0 Å². The van der Waals surface area contributed by atoms with E-state index < -0.39 is 5.97 Å². The molecule has 0 radical (unpaired) electrons. The zero-order chi connectivity index (χ0) is 22.6. The highest BCUT2D eigenvalue weighted by Gasteiger charge is 2.14. The van der Waals surface area contributed by atoms with Crippen LogP contribution in [0.5, 0.6) is 17.2 Å². The van der Waals surface area contributed by atoms with Gasteiger partial charge in [0.1, 0.15) is 19.0 Å². The minimum Gasteiger partial charge on any atom is -0.490 e. The number of carbonyl (C=O) groups excluding carboxylic acids is 2. The summed E-state index contributed by atoms with van der Waals surface area (Å²) in [6.07, 6.45) is 0. The zero-order valence-electron chi connectivity index (χ0n) is 17.7. The van der Waals surface area contributed by atoms with Gasteiger partial charge in [0.25, 0.3) is 5.91 Å². The van der Waals surface area contributed by atoms with E-state index in [9.17, 15) is 9.59 Å². The fourth-order valence-corrected chi connectivity index (χ4v) is 3.36. The molecule has 1 aromatic heterocycles. The number of amides is 1. The third-order valence-electron chi connectivity index (χ3n) is 4.21. The van der Waals surface area contributed by atoms with E-state index in [0.29, 0.717) is 37.9 Å². The number of hydrogen-bond donors (Lipinski definition) is 1. The lowest BCUT2D eigenvalue weighted by molar-refractivity contribution is -0.124. The second-order valence-corrected chi connectivity index (χ2v) is 7.57. The summed E-state index contributed by atoms with van der Waals surface area (Å²) in [7, 11) is 0. The number of hydrogen-bond acceptors (Lipinski definition) is 7. The van der Waals surface area contributed by atoms with Gasteiger partial charge in [-0.3, -0.25) is 4.79 Å². The Balaban J connectivity index is 1.48. The smallest absolute Gasteiger partial charge is 0.338 e. The maximum absolute atomic E-state index is 12.4. The Bertz CT molecular complexity index is 991. The van der Waals surface area contributed by atoms with Gasteiger partial charge in [0, 0.05) is 4.88 Å². The van der Waals surface area contributed by atoms with Crippen LogP contribution in [0.15, 0.2) is 66.0 Å². The number of carbonyl (C=O) groups is 2.